The summed E-state index contributed by atoms with van der Waals surface area (Å²) in [5.41, 5.74) is 3.03. The summed E-state index contributed by atoms with van der Waals surface area (Å²) >= 11 is 0. The van der Waals surface area contributed by atoms with Crippen LogP contribution in [-0.2, 0) is 13.0 Å². The number of nitrogens with one attached hydrogen (secondary N) is 2. The van der Waals surface area contributed by atoms with Crippen molar-refractivity contribution in [2.45, 2.75) is 13.0 Å². The predicted octanol–water partition coefficient (Wildman–Crippen LogP) is 3.10. The zero-order valence-corrected chi connectivity index (χ0v) is 14.6. The molecular weight excluding hydrogens is 347 g/mol. The number of nitrogens with zero attached hydrogens (tertiary/aromatic N) is 4. The van der Waals surface area contributed by atoms with Crippen molar-refractivity contribution in [1.82, 2.24) is 24.9 Å². The molecule has 0 aromatic carbocycles. The average molecular weight is 364 g/mol. The molecule has 2 N–H and O–H groups in total. The van der Waals surface area contributed by atoms with E-state index < -0.39 is 5.95 Å². The maximum atomic E-state index is 14.5. The quantitative estimate of drug-likeness (QED) is 0.511. The van der Waals surface area contributed by atoms with Crippen molar-refractivity contribution in [2.24, 2.45) is 0 Å². The molecule has 0 bridgehead atoms. The van der Waals surface area contributed by atoms with Crippen LogP contribution in [0.15, 0.2) is 49.3 Å². The fourth-order valence-electron chi connectivity index (χ4n) is 2.89. The third-order valence-electron chi connectivity index (χ3n) is 4.29. The molecule has 0 aliphatic rings. The molecule has 136 valence electrons. The minimum atomic E-state index is -0.510. The predicted molar refractivity (Wildman–Crippen MR) is 99.0 cm³/mol. The summed E-state index contributed by atoms with van der Waals surface area (Å²) in [7, 11) is 1.60. The number of H-pyrrole nitrogens is 1. The first-order valence-corrected chi connectivity index (χ1v) is 8.36. The summed E-state index contributed by atoms with van der Waals surface area (Å²) in [5, 5.41) is 3.97. The van der Waals surface area contributed by atoms with Crippen molar-refractivity contribution in [3.05, 3.63) is 72.0 Å². The summed E-state index contributed by atoms with van der Waals surface area (Å²) < 4.78 is 19.8. The molecule has 4 rings (SSSR count). The SMILES string of the molecule is COc1ccncc1CNc1ccc(Cc2c[nH]c3ncncc23)c(F)n1. The lowest BCUT2D eigenvalue weighted by molar-refractivity contribution is 0.409. The molecule has 4 aromatic rings. The summed E-state index contributed by atoms with van der Waals surface area (Å²) in [6.45, 7) is 0.433. The van der Waals surface area contributed by atoms with Gasteiger partial charge in [0.25, 0.3) is 0 Å². The van der Waals surface area contributed by atoms with E-state index in [0.29, 0.717) is 24.3 Å². The number of hydrogen-bond acceptors (Lipinski definition) is 6. The van der Waals surface area contributed by atoms with Crippen molar-refractivity contribution in [2.75, 3.05) is 12.4 Å². The molecule has 0 radical (unpaired) electrons. The Bertz CT molecular complexity index is 1080. The van der Waals surface area contributed by atoms with Gasteiger partial charge in [-0.25, -0.2) is 15.0 Å². The van der Waals surface area contributed by atoms with Crippen LogP contribution in [0.1, 0.15) is 16.7 Å². The summed E-state index contributed by atoms with van der Waals surface area (Å²) in [6, 6.07) is 5.26. The standard InChI is InChI=1S/C19H17FN6O/c1-27-16-4-5-21-7-14(16)9-23-17-3-2-12(18(20)26-17)6-13-8-24-19-15(13)10-22-11-25-19/h2-5,7-8,10-11H,6,9H2,1H3,(H,23,26)(H,22,24,25). The van der Waals surface area contributed by atoms with Crippen LogP contribution in [0.5, 0.6) is 5.75 Å². The van der Waals surface area contributed by atoms with Gasteiger partial charge in [-0.15, -0.1) is 0 Å². The molecular formula is C19H17FN6O. The Morgan fingerprint density at radius 1 is 1.11 bits per heavy atom. The first kappa shape index (κ1) is 16.9. The lowest BCUT2D eigenvalue weighted by Gasteiger charge is -2.10. The summed E-state index contributed by atoms with van der Waals surface area (Å²) in [4.78, 5) is 19.3. The van der Waals surface area contributed by atoms with E-state index in [1.807, 2.05) is 6.20 Å². The third-order valence-corrected chi connectivity index (χ3v) is 4.29. The van der Waals surface area contributed by atoms with Crippen molar-refractivity contribution >= 4 is 16.9 Å². The molecule has 0 unspecified atom stereocenters. The smallest absolute Gasteiger partial charge is 0.218 e. The van der Waals surface area contributed by atoms with Gasteiger partial charge in [0.2, 0.25) is 5.95 Å². The number of pyridine rings is 2. The number of hydrogen-bond donors (Lipinski definition) is 2. The fourth-order valence-corrected chi connectivity index (χ4v) is 2.89. The Kier molecular flexibility index (Phi) is 4.61. The van der Waals surface area contributed by atoms with Gasteiger partial charge in [-0.2, -0.15) is 4.39 Å². The number of aromatic amines is 1. The van der Waals surface area contributed by atoms with E-state index >= 15 is 0 Å². The molecule has 8 heteroatoms. The van der Waals surface area contributed by atoms with Gasteiger partial charge in [-0.1, -0.05) is 6.07 Å². The van der Waals surface area contributed by atoms with Gasteiger partial charge in [0.15, 0.2) is 0 Å². The zero-order valence-electron chi connectivity index (χ0n) is 14.6. The Balaban J connectivity index is 1.49. The molecule has 0 fully saturated rings. The second-order valence-electron chi connectivity index (χ2n) is 5.96. The molecule has 0 aliphatic carbocycles. The highest BCUT2D eigenvalue weighted by molar-refractivity contribution is 5.78. The number of fused-ring (bicyclic) bond motifs is 1. The molecule has 0 atom stereocenters. The monoisotopic (exact) mass is 364 g/mol. The van der Waals surface area contributed by atoms with E-state index in [0.717, 1.165) is 27.9 Å². The first-order valence-electron chi connectivity index (χ1n) is 8.36. The molecule has 0 amide bonds. The zero-order chi connectivity index (χ0) is 18.6. The number of anilines is 1. The van der Waals surface area contributed by atoms with E-state index in [1.54, 1.807) is 43.9 Å². The Hall–Kier alpha value is -3.55. The maximum Gasteiger partial charge on any atom is 0.218 e. The molecule has 4 heterocycles. The number of methoxy groups -OCH3 is 1. The fraction of sp³-hybridized carbons (Fsp3) is 0.158. The van der Waals surface area contributed by atoms with Gasteiger partial charge in [0, 0.05) is 54.3 Å². The van der Waals surface area contributed by atoms with Crippen LogP contribution < -0.4 is 10.1 Å². The maximum absolute atomic E-state index is 14.5. The second-order valence-corrected chi connectivity index (χ2v) is 5.96. The van der Waals surface area contributed by atoms with Gasteiger partial charge in [-0.3, -0.25) is 4.98 Å². The van der Waals surface area contributed by atoms with Crippen molar-refractivity contribution in [3.63, 3.8) is 0 Å². The van der Waals surface area contributed by atoms with Crippen molar-refractivity contribution in [1.29, 1.82) is 0 Å². The number of aromatic nitrogens is 5. The van der Waals surface area contributed by atoms with E-state index in [2.05, 4.69) is 30.2 Å². The van der Waals surface area contributed by atoms with Crippen molar-refractivity contribution < 1.29 is 9.13 Å². The van der Waals surface area contributed by atoms with Crippen LogP contribution in [0, 0.1) is 5.95 Å². The molecule has 0 aliphatic heterocycles. The first-order chi connectivity index (χ1) is 13.2. The number of ether oxygens (including phenoxy) is 1. The van der Waals surface area contributed by atoms with Crippen LogP contribution in [0.2, 0.25) is 0 Å². The Labute approximate surface area is 154 Å². The highest BCUT2D eigenvalue weighted by Gasteiger charge is 2.11. The van der Waals surface area contributed by atoms with Gasteiger partial charge < -0.3 is 15.0 Å². The van der Waals surface area contributed by atoms with E-state index in [1.165, 1.54) is 6.33 Å². The molecule has 0 saturated heterocycles. The lowest BCUT2D eigenvalue weighted by atomic mass is 10.1. The van der Waals surface area contributed by atoms with E-state index in [9.17, 15) is 4.39 Å². The lowest BCUT2D eigenvalue weighted by Crippen LogP contribution is -2.05. The van der Waals surface area contributed by atoms with E-state index in [4.69, 9.17) is 4.74 Å². The normalized spacial score (nSPS) is 10.9. The number of rotatable bonds is 6. The van der Waals surface area contributed by atoms with Crippen LogP contribution >= 0.6 is 0 Å². The summed E-state index contributed by atoms with van der Waals surface area (Å²) in [6.07, 6.45) is 8.78. The van der Waals surface area contributed by atoms with Gasteiger partial charge >= 0.3 is 0 Å². The van der Waals surface area contributed by atoms with Gasteiger partial charge in [-0.05, 0) is 17.7 Å². The molecule has 4 aromatic heterocycles. The molecule has 0 spiro atoms. The van der Waals surface area contributed by atoms with Crippen molar-refractivity contribution in [3.8, 4) is 5.75 Å². The molecule has 7 nitrogen and oxygen atoms in total. The molecule has 27 heavy (non-hydrogen) atoms. The van der Waals surface area contributed by atoms with Crippen LogP contribution in [0.3, 0.4) is 0 Å². The Morgan fingerprint density at radius 3 is 2.89 bits per heavy atom. The van der Waals surface area contributed by atoms with Crippen LogP contribution in [0.4, 0.5) is 10.2 Å². The topological polar surface area (TPSA) is 88.6 Å². The average Bonchev–Trinajstić information content (AvgIpc) is 3.11. The number of halogens is 1. The molecule has 0 saturated carbocycles. The Morgan fingerprint density at radius 2 is 2.04 bits per heavy atom. The highest BCUT2D eigenvalue weighted by atomic mass is 19.1. The van der Waals surface area contributed by atoms with Crippen LogP contribution in [0.25, 0.3) is 11.0 Å². The third kappa shape index (κ3) is 3.55. The van der Waals surface area contributed by atoms with Gasteiger partial charge in [0.1, 0.15) is 23.5 Å². The van der Waals surface area contributed by atoms with E-state index in [-0.39, 0.29) is 0 Å². The van der Waals surface area contributed by atoms with Crippen LogP contribution in [-0.4, -0.2) is 32.0 Å². The second kappa shape index (κ2) is 7.36. The largest absolute Gasteiger partial charge is 0.496 e. The minimum absolute atomic E-state index is 0.406. The van der Waals surface area contributed by atoms with Gasteiger partial charge in [0.05, 0.1) is 7.11 Å². The minimum Gasteiger partial charge on any atom is -0.496 e. The summed E-state index contributed by atoms with van der Waals surface area (Å²) in [5.74, 6) is 0.657. The highest BCUT2D eigenvalue weighted by Crippen LogP contribution is 2.21.